The van der Waals surface area contributed by atoms with Crippen LogP contribution in [0.25, 0.3) is 0 Å². The van der Waals surface area contributed by atoms with Crippen molar-refractivity contribution in [2.45, 2.75) is 40.0 Å². The highest BCUT2D eigenvalue weighted by Gasteiger charge is 2.14. The van der Waals surface area contributed by atoms with Gasteiger partial charge in [0.15, 0.2) is 0 Å². The molecule has 0 saturated heterocycles. The van der Waals surface area contributed by atoms with E-state index in [1.165, 1.54) is 22.4 Å². The molecule has 0 atom stereocenters. The number of rotatable bonds is 0. The Balaban J connectivity index is 0.000000667. The molecule has 2 aromatic rings. The maximum Gasteiger partial charge on any atom is 0.0480 e. The second-order valence-electron chi connectivity index (χ2n) is 4.76. The molecule has 0 spiro atoms. The molecule has 1 aromatic carbocycles. The third-order valence-electron chi connectivity index (χ3n) is 3.22. The molecule has 24 heavy (non-hydrogen) atoms. The molecule has 3 heteroatoms. The number of aryl methyl sites for hydroxylation is 2. The van der Waals surface area contributed by atoms with E-state index in [0.717, 1.165) is 28.8 Å². The molecule has 0 aliphatic heterocycles. The van der Waals surface area contributed by atoms with Crippen molar-refractivity contribution in [3.63, 3.8) is 0 Å². The monoisotopic (exact) mass is 405 g/mol. The van der Waals surface area contributed by atoms with E-state index < -0.39 is 0 Å². The number of hydrogen-bond acceptors (Lipinski definition) is 1. The van der Waals surface area contributed by atoms with Crippen LogP contribution < -0.4 is 0 Å². The minimum absolute atomic E-state index is 0.823. The third kappa shape index (κ3) is 6.91. The van der Waals surface area contributed by atoms with Gasteiger partial charge >= 0.3 is 0 Å². The van der Waals surface area contributed by atoms with Crippen molar-refractivity contribution in [3.05, 3.63) is 75.0 Å². The van der Waals surface area contributed by atoms with Crippen LogP contribution in [-0.4, -0.2) is 4.98 Å². The molecule has 1 aromatic heterocycles. The molecule has 0 saturated carbocycles. The first-order chi connectivity index (χ1) is 11.6. The fraction of sp³-hybridized carbons (Fsp3) is 0.286. The van der Waals surface area contributed by atoms with Crippen LogP contribution in [0.3, 0.4) is 0 Å². The lowest BCUT2D eigenvalue weighted by Gasteiger charge is -2.05. The van der Waals surface area contributed by atoms with E-state index in [1.807, 2.05) is 33.0 Å². The second-order valence-corrected chi connectivity index (χ2v) is 6.11. The summed E-state index contributed by atoms with van der Waals surface area (Å²) in [6.07, 6.45) is 14.6. The van der Waals surface area contributed by atoms with Crippen molar-refractivity contribution in [2.75, 3.05) is 0 Å². The van der Waals surface area contributed by atoms with Crippen LogP contribution in [0.4, 0.5) is 0 Å². The molecule has 1 aliphatic carbocycles. The summed E-state index contributed by atoms with van der Waals surface area (Å²) >= 11 is 9.52. The number of hydrogen-bond donors (Lipinski definition) is 0. The van der Waals surface area contributed by atoms with Crippen LogP contribution in [-0.2, 0) is 19.3 Å². The van der Waals surface area contributed by atoms with Gasteiger partial charge in [0.2, 0.25) is 0 Å². The lowest BCUT2D eigenvalue weighted by atomic mass is 10.0. The Morgan fingerprint density at radius 1 is 1.12 bits per heavy atom. The van der Waals surface area contributed by atoms with Crippen LogP contribution in [0.1, 0.15) is 43.2 Å². The van der Waals surface area contributed by atoms with Crippen LogP contribution in [0.2, 0.25) is 5.02 Å². The number of terminal acetylenes is 1. The van der Waals surface area contributed by atoms with E-state index >= 15 is 0 Å². The molecule has 0 radical (unpaired) electrons. The number of benzene rings is 1. The first-order valence-corrected chi connectivity index (χ1v) is 9.12. The number of nitrogens with zero attached hydrogens (tertiary/aromatic N) is 1. The zero-order valence-corrected chi connectivity index (χ0v) is 17.0. The number of pyridine rings is 1. The van der Waals surface area contributed by atoms with Crippen molar-refractivity contribution in [2.24, 2.45) is 0 Å². The van der Waals surface area contributed by atoms with Gasteiger partial charge in [0.1, 0.15) is 0 Å². The summed E-state index contributed by atoms with van der Waals surface area (Å²) in [6, 6.07) is 8.34. The molecular weight excluding hydrogens is 382 g/mol. The van der Waals surface area contributed by atoms with Gasteiger partial charge in [-0.25, -0.2) is 0 Å². The second kappa shape index (κ2) is 12.8. The SMILES string of the molecule is C#C.C=CC.CC.Clc1ccc2c(c1)CCc1cc(Br)cnc1C2. The summed E-state index contributed by atoms with van der Waals surface area (Å²) < 4.78 is 1.06. The summed E-state index contributed by atoms with van der Waals surface area (Å²) in [5.74, 6) is 0. The Hall–Kier alpha value is -1.56. The van der Waals surface area contributed by atoms with Crippen LogP contribution in [0.5, 0.6) is 0 Å². The maximum absolute atomic E-state index is 6.04. The van der Waals surface area contributed by atoms with Gasteiger partial charge in [-0.3, -0.25) is 4.98 Å². The molecule has 3 rings (SSSR count). The Labute approximate surface area is 160 Å². The molecule has 0 N–H and O–H groups in total. The van der Waals surface area contributed by atoms with E-state index in [1.54, 1.807) is 6.08 Å². The number of halogens is 2. The number of fused-ring (bicyclic) bond motifs is 2. The molecule has 0 bridgehead atoms. The van der Waals surface area contributed by atoms with Crippen molar-refractivity contribution >= 4 is 27.5 Å². The molecule has 0 fully saturated rings. The van der Waals surface area contributed by atoms with E-state index in [4.69, 9.17) is 11.6 Å². The number of aromatic nitrogens is 1. The van der Waals surface area contributed by atoms with Gasteiger partial charge in [-0.15, -0.1) is 19.4 Å². The molecule has 1 heterocycles. The smallest absolute Gasteiger partial charge is 0.0480 e. The predicted octanol–water partition coefficient (Wildman–Crippen LogP) is 6.65. The predicted molar refractivity (Wildman–Crippen MR) is 111 cm³/mol. The zero-order valence-electron chi connectivity index (χ0n) is 14.7. The maximum atomic E-state index is 6.04. The molecule has 1 nitrogen and oxygen atoms in total. The summed E-state index contributed by atoms with van der Waals surface area (Å²) in [5, 5.41) is 0.823. The summed E-state index contributed by atoms with van der Waals surface area (Å²) in [4.78, 5) is 4.52. The highest BCUT2D eigenvalue weighted by molar-refractivity contribution is 9.10. The molecular formula is C21H25BrClN. The first-order valence-electron chi connectivity index (χ1n) is 7.95. The van der Waals surface area contributed by atoms with Gasteiger partial charge in [-0.1, -0.05) is 37.6 Å². The van der Waals surface area contributed by atoms with E-state index in [2.05, 4.69) is 58.5 Å². The van der Waals surface area contributed by atoms with Gasteiger partial charge in [0, 0.05) is 27.8 Å². The largest absolute Gasteiger partial charge is 0.259 e. The van der Waals surface area contributed by atoms with Crippen molar-refractivity contribution < 1.29 is 0 Å². The van der Waals surface area contributed by atoms with Gasteiger partial charge in [0.25, 0.3) is 0 Å². The van der Waals surface area contributed by atoms with Gasteiger partial charge < -0.3 is 0 Å². The van der Waals surface area contributed by atoms with Crippen molar-refractivity contribution in [3.8, 4) is 12.8 Å². The average molecular weight is 407 g/mol. The van der Waals surface area contributed by atoms with Crippen molar-refractivity contribution in [1.29, 1.82) is 0 Å². The normalized spacial score (nSPS) is 10.6. The lowest BCUT2D eigenvalue weighted by Crippen LogP contribution is -1.96. The third-order valence-corrected chi connectivity index (χ3v) is 3.89. The topological polar surface area (TPSA) is 12.9 Å². The minimum atomic E-state index is 0.823. The van der Waals surface area contributed by atoms with Crippen LogP contribution in [0.15, 0.2) is 47.6 Å². The number of allylic oxidation sites excluding steroid dienone is 1. The molecule has 1 aliphatic rings. The molecule has 0 unspecified atom stereocenters. The van der Waals surface area contributed by atoms with Gasteiger partial charge in [-0.2, -0.15) is 0 Å². The average Bonchev–Trinajstić information content (AvgIpc) is 2.78. The fourth-order valence-corrected chi connectivity index (χ4v) is 2.91. The van der Waals surface area contributed by atoms with Crippen LogP contribution in [0, 0.1) is 12.8 Å². The Morgan fingerprint density at radius 3 is 2.33 bits per heavy atom. The molecule has 0 amide bonds. The summed E-state index contributed by atoms with van der Waals surface area (Å²) in [7, 11) is 0. The first kappa shape index (κ1) is 22.4. The lowest BCUT2D eigenvalue weighted by molar-refractivity contribution is 0.949. The Morgan fingerprint density at radius 2 is 1.71 bits per heavy atom. The standard InChI is InChI=1S/C14H11BrClN.C3H6.C2H6.C2H2/c15-12-5-11-2-1-9-6-13(16)4-3-10(9)7-14(11)17-8-12;1-3-2;2*1-2/h3-6,8H,1-2,7H2;3H,1H2,2H3;1-2H3;1-2H. The van der Waals surface area contributed by atoms with Crippen LogP contribution >= 0.6 is 27.5 Å². The molecule has 128 valence electrons. The van der Waals surface area contributed by atoms with Gasteiger partial charge in [-0.05, 0) is 70.6 Å². The minimum Gasteiger partial charge on any atom is -0.259 e. The highest BCUT2D eigenvalue weighted by Crippen LogP contribution is 2.26. The summed E-state index contributed by atoms with van der Waals surface area (Å²) in [6.45, 7) is 9.25. The Kier molecular flexibility index (Phi) is 12.0. The van der Waals surface area contributed by atoms with E-state index in [-0.39, 0.29) is 0 Å². The van der Waals surface area contributed by atoms with Crippen molar-refractivity contribution in [1.82, 2.24) is 4.98 Å². The zero-order chi connectivity index (χ0) is 18.5. The van der Waals surface area contributed by atoms with E-state index in [0.29, 0.717) is 0 Å². The Bertz CT molecular complexity index is 611. The van der Waals surface area contributed by atoms with Gasteiger partial charge in [0.05, 0.1) is 0 Å². The quantitative estimate of drug-likeness (QED) is 0.352. The fourth-order valence-electron chi connectivity index (χ4n) is 2.33. The van der Waals surface area contributed by atoms with E-state index in [9.17, 15) is 0 Å². The summed E-state index contributed by atoms with van der Waals surface area (Å²) in [5.41, 5.74) is 5.23. The highest BCUT2D eigenvalue weighted by atomic mass is 79.9.